The lowest BCUT2D eigenvalue weighted by Crippen LogP contribution is -2.44. The van der Waals surface area contributed by atoms with Gasteiger partial charge in [0.15, 0.2) is 0 Å². The summed E-state index contributed by atoms with van der Waals surface area (Å²) in [5.74, 6) is 0.00961. The number of aryl methyl sites for hydroxylation is 1. The van der Waals surface area contributed by atoms with E-state index in [4.69, 9.17) is 4.74 Å². The molecule has 1 aliphatic heterocycles. The molecule has 5 nitrogen and oxygen atoms in total. The number of amides is 1. The Morgan fingerprint density at radius 3 is 3.05 bits per heavy atom. The van der Waals surface area contributed by atoms with E-state index in [2.05, 4.69) is 10.3 Å². The fraction of sp³-hybridized carbons (Fsp3) is 0.571. The standard InChI is InChI=1S/C14H18N2O3/c17-13-6-3-9-8-10(4-5-11(9)16-13)15-14(18)12-2-1-7-19-12/h3,6,10,12H,1-2,4-5,7-8H2,(H,15,18)(H,16,17)/t10-,12-/m1/s1. The van der Waals surface area contributed by atoms with Crippen LogP contribution in [0.4, 0.5) is 0 Å². The first-order valence-electron chi connectivity index (χ1n) is 6.85. The summed E-state index contributed by atoms with van der Waals surface area (Å²) in [7, 11) is 0. The molecule has 3 rings (SSSR count). The number of ether oxygens (including phenoxy) is 1. The Morgan fingerprint density at radius 2 is 2.26 bits per heavy atom. The second kappa shape index (κ2) is 5.17. The lowest BCUT2D eigenvalue weighted by Gasteiger charge is -2.26. The molecule has 1 aromatic rings. The summed E-state index contributed by atoms with van der Waals surface area (Å²) in [6.07, 6.45) is 3.98. The molecule has 1 saturated heterocycles. The van der Waals surface area contributed by atoms with Crippen LogP contribution in [0.2, 0.25) is 0 Å². The van der Waals surface area contributed by atoms with Crippen LogP contribution in [0.25, 0.3) is 0 Å². The Bertz CT molecular complexity index is 532. The number of hydrogen-bond acceptors (Lipinski definition) is 3. The van der Waals surface area contributed by atoms with E-state index in [-0.39, 0.29) is 23.6 Å². The van der Waals surface area contributed by atoms with Crippen molar-refractivity contribution in [1.29, 1.82) is 0 Å². The zero-order chi connectivity index (χ0) is 13.2. The summed E-state index contributed by atoms with van der Waals surface area (Å²) < 4.78 is 5.38. The van der Waals surface area contributed by atoms with Gasteiger partial charge in [-0.05, 0) is 37.7 Å². The maximum Gasteiger partial charge on any atom is 0.249 e. The zero-order valence-corrected chi connectivity index (χ0v) is 10.8. The molecule has 19 heavy (non-hydrogen) atoms. The van der Waals surface area contributed by atoms with Gasteiger partial charge in [0.2, 0.25) is 11.5 Å². The average molecular weight is 262 g/mol. The van der Waals surface area contributed by atoms with Crippen molar-refractivity contribution in [1.82, 2.24) is 10.3 Å². The first kappa shape index (κ1) is 12.4. The molecule has 0 saturated carbocycles. The lowest BCUT2D eigenvalue weighted by atomic mass is 9.91. The summed E-state index contributed by atoms with van der Waals surface area (Å²) in [4.78, 5) is 26.1. The molecule has 2 heterocycles. The van der Waals surface area contributed by atoms with Crippen molar-refractivity contribution in [3.63, 3.8) is 0 Å². The minimum Gasteiger partial charge on any atom is -0.368 e. The van der Waals surface area contributed by atoms with E-state index in [0.29, 0.717) is 6.61 Å². The third-order valence-corrected chi connectivity index (χ3v) is 3.88. The Balaban J connectivity index is 1.63. The van der Waals surface area contributed by atoms with Crippen LogP contribution in [-0.4, -0.2) is 29.6 Å². The molecule has 1 aromatic heterocycles. The summed E-state index contributed by atoms with van der Waals surface area (Å²) in [6, 6.07) is 3.55. The number of hydrogen-bond donors (Lipinski definition) is 2. The Morgan fingerprint density at radius 1 is 1.37 bits per heavy atom. The number of aromatic nitrogens is 1. The molecule has 0 bridgehead atoms. The Hall–Kier alpha value is -1.62. The number of H-pyrrole nitrogens is 1. The minimum atomic E-state index is -0.267. The first-order valence-corrected chi connectivity index (χ1v) is 6.85. The van der Waals surface area contributed by atoms with E-state index in [0.717, 1.165) is 43.4 Å². The van der Waals surface area contributed by atoms with Gasteiger partial charge in [0.05, 0.1) is 0 Å². The maximum absolute atomic E-state index is 12.0. The van der Waals surface area contributed by atoms with Gasteiger partial charge in [-0.2, -0.15) is 0 Å². The number of fused-ring (bicyclic) bond motifs is 1. The summed E-state index contributed by atoms with van der Waals surface area (Å²) in [5.41, 5.74) is 2.08. The molecule has 5 heteroatoms. The molecular formula is C14H18N2O3. The molecule has 0 unspecified atom stereocenters. The van der Waals surface area contributed by atoms with Crippen molar-refractivity contribution in [2.24, 2.45) is 0 Å². The zero-order valence-electron chi connectivity index (χ0n) is 10.8. The van der Waals surface area contributed by atoms with Crippen LogP contribution < -0.4 is 10.9 Å². The number of aromatic amines is 1. The van der Waals surface area contributed by atoms with E-state index < -0.39 is 0 Å². The van der Waals surface area contributed by atoms with Crippen molar-refractivity contribution >= 4 is 5.91 Å². The van der Waals surface area contributed by atoms with Gasteiger partial charge < -0.3 is 15.0 Å². The van der Waals surface area contributed by atoms with Gasteiger partial charge >= 0.3 is 0 Å². The SMILES string of the molecule is O=C(N[C@@H]1CCc2[nH]c(=O)ccc2C1)[C@H]1CCCO1. The number of nitrogens with one attached hydrogen (secondary N) is 2. The molecule has 1 fully saturated rings. The van der Waals surface area contributed by atoms with Gasteiger partial charge in [0, 0.05) is 24.4 Å². The van der Waals surface area contributed by atoms with Crippen molar-refractivity contribution in [3.8, 4) is 0 Å². The predicted molar refractivity (Wildman–Crippen MR) is 70.0 cm³/mol. The first-order chi connectivity index (χ1) is 9.22. The average Bonchev–Trinajstić information content (AvgIpc) is 2.93. The quantitative estimate of drug-likeness (QED) is 0.816. The molecule has 0 spiro atoms. The monoisotopic (exact) mass is 262 g/mol. The molecule has 102 valence electrons. The molecule has 0 aromatic carbocycles. The maximum atomic E-state index is 12.0. The number of carbonyl (C=O) groups excluding carboxylic acids is 1. The van der Waals surface area contributed by atoms with Crippen LogP contribution in [0.3, 0.4) is 0 Å². The summed E-state index contributed by atoms with van der Waals surface area (Å²) in [5, 5.41) is 3.06. The minimum absolute atomic E-state index is 0.00961. The van der Waals surface area contributed by atoms with Gasteiger partial charge in [-0.25, -0.2) is 0 Å². The topological polar surface area (TPSA) is 71.2 Å². The fourth-order valence-electron chi connectivity index (χ4n) is 2.85. The largest absolute Gasteiger partial charge is 0.368 e. The summed E-state index contributed by atoms with van der Waals surface area (Å²) >= 11 is 0. The van der Waals surface area contributed by atoms with Crippen LogP contribution in [0.1, 0.15) is 30.5 Å². The number of rotatable bonds is 2. The number of carbonyl (C=O) groups is 1. The highest BCUT2D eigenvalue weighted by Crippen LogP contribution is 2.19. The molecule has 2 atom stereocenters. The second-order valence-corrected chi connectivity index (χ2v) is 5.28. The Labute approximate surface area is 111 Å². The van der Waals surface area contributed by atoms with Gasteiger partial charge in [-0.3, -0.25) is 9.59 Å². The van der Waals surface area contributed by atoms with E-state index in [1.165, 1.54) is 0 Å². The molecule has 1 aliphatic carbocycles. The van der Waals surface area contributed by atoms with Crippen LogP contribution in [0, 0.1) is 0 Å². The highest BCUT2D eigenvalue weighted by molar-refractivity contribution is 5.81. The predicted octanol–water partition coefficient (Wildman–Crippen LogP) is 0.527. The van der Waals surface area contributed by atoms with Gasteiger partial charge in [0.1, 0.15) is 6.10 Å². The van der Waals surface area contributed by atoms with Crippen LogP contribution in [-0.2, 0) is 22.4 Å². The van der Waals surface area contributed by atoms with Gasteiger partial charge in [-0.1, -0.05) is 6.07 Å². The molecular weight excluding hydrogens is 244 g/mol. The Kier molecular flexibility index (Phi) is 3.38. The van der Waals surface area contributed by atoms with Crippen molar-refractivity contribution < 1.29 is 9.53 Å². The van der Waals surface area contributed by atoms with E-state index in [1.807, 2.05) is 6.07 Å². The lowest BCUT2D eigenvalue weighted by molar-refractivity contribution is -0.130. The smallest absolute Gasteiger partial charge is 0.249 e. The van der Waals surface area contributed by atoms with Crippen LogP contribution in [0.15, 0.2) is 16.9 Å². The third kappa shape index (κ3) is 2.71. The number of pyridine rings is 1. The molecule has 0 radical (unpaired) electrons. The highest BCUT2D eigenvalue weighted by atomic mass is 16.5. The van der Waals surface area contributed by atoms with Crippen molar-refractivity contribution in [3.05, 3.63) is 33.7 Å². The highest BCUT2D eigenvalue weighted by Gasteiger charge is 2.27. The van der Waals surface area contributed by atoms with Gasteiger partial charge in [0.25, 0.3) is 0 Å². The molecule has 2 aliphatic rings. The normalized spacial score (nSPS) is 25.9. The fourth-order valence-corrected chi connectivity index (χ4v) is 2.85. The van der Waals surface area contributed by atoms with E-state index >= 15 is 0 Å². The van der Waals surface area contributed by atoms with Crippen LogP contribution >= 0.6 is 0 Å². The second-order valence-electron chi connectivity index (χ2n) is 5.28. The van der Waals surface area contributed by atoms with Crippen LogP contribution in [0.5, 0.6) is 0 Å². The summed E-state index contributed by atoms with van der Waals surface area (Å²) in [6.45, 7) is 0.687. The van der Waals surface area contributed by atoms with E-state index in [1.54, 1.807) is 6.07 Å². The van der Waals surface area contributed by atoms with Crippen molar-refractivity contribution in [2.75, 3.05) is 6.61 Å². The van der Waals surface area contributed by atoms with E-state index in [9.17, 15) is 9.59 Å². The molecule has 1 amide bonds. The molecule has 2 N–H and O–H groups in total. The van der Waals surface area contributed by atoms with Gasteiger partial charge in [-0.15, -0.1) is 0 Å². The third-order valence-electron chi connectivity index (χ3n) is 3.88. The van der Waals surface area contributed by atoms with Crippen molar-refractivity contribution in [2.45, 2.75) is 44.2 Å².